The summed E-state index contributed by atoms with van der Waals surface area (Å²) in [5, 5.41) is 6.07. The van der Waals surface area contributed by atoms with Gasteiger partial charge in [0.15, 0.2) is 0 Å². The van der Waals surface area contributed by atoms with E-state index in [9.17, 15) is 14.4 Å². The van der Waals surface area contributed by atoms with Crippen molar-refractivity contribution in [3.8, 4) is 5.75 Å². The number of anilines is 1. The number of nitrogens with two attached hydrogens (primary N) is 1. The minimum Gasteiger partial charge on any atom is -0.493 e. The maximum absolute atomic E-state index is 12.8. The molecule has 1 aromatic heterocycles. The van der Waals surface area contributed by atoms with Crippen LogP contribution in [0, 0.1) is 5.92 Å². The van der Waals surface area contributed by atoms with Gasteiger partial charge in [-0.15, -0.1) is 0 Å². The topological polar surface area (TPSA) is 133 Å². The average molecular weight is 517 g/mol. The van der Waals surface area contributed by atoms with Crippen LogP contribution >= 0.6 is 11.6 Å². The Kier molecular flexibility index (Phi) is 9.14. The fourth-order valence-corrected chi connectivity index (χ4v) is 4.37. The van der Waals surface area contributed by atoms with Crippen molar-refractivity contribution in [3.63, 3.8) is 0 Å². The zero-order valence-corrected chi connectivity index (χ0v) is 21.6. The highest BCUT2D eigenvalue weighted by Crippen LogP contribution is 2.29. The zero-order valence-electron chi connectivity index (χ0n) is 20.8. The highest BCUT2D eigenvalue weighted by molar-refractivity contribution is 6.31. The molecule has 10 heteroatoms. The third-order valence-corrected chi connectivity index (χ3v) is 5.88. The number of aromatic nitrogens is 1. The van der Waals surface area contributed by atoms with Crippen LogP contribution in [-0.2, 0) is 16.0 Å². The van der Waals surface area contributed by atoms with E-state index in [4.69, 9.17) is 26.8 Å². The number of halogens is 1. The third-order valence-electron chi connectivity index (χ3n) is 5.66. The van der Waals surface area contributed by atoms with Crippen molar-refractivity contribution in [1.82, 2.24) is 10.3 Å². The van der Waals surface area contributed by atoms with Crippen LogP contribution in [0.15, 0.2) is 36.5 Å². The second kappa shape index (κ2) is 12.1. The quantitative estimate of drug-likeness (QED) is 0.450. The van der Waals surface area contributed by atoms with E-state index in [2.05, 4.69) is 15.6 Å². The van der Waals surface area contributed by atoms with Gasteiger partial charge in [0.1, 0.15) is 11.4 Å². The number of ether oxygens (including phenoxy) is 2. The van der Waals surface area contributed by atoms with Gasteiger partial charge in [-0.3, -0.25) is 19.9 Å². The van der Waals surface area contributed by atoms with Crippen LogP contribution in [0.4, 0.5) is 10.5 Å². The monoisotopic (exact) mass is 516 g/mol. The van der Waals surface area contributed by atoms with E-state index in [0.29, 0.717) is 34.1 Å². The number of nitrogens with zero attached hydrogens (tertiary/aromatic N) is 1. The van der Waals surface area contributed by atoms with Gasteiger partial charge in [-0.2, -0.15) is 0 Å². The zero-order chi connectivity index (χ0) is 26.3. The molecule has 0 spiro atoms. The van der Waals surface area contributed by atoms with Gasteiger partial charge >= 0.3 is 6.09 Å². The van der Waals surface area contributed by atoms with Crippen molar-refractivity contribution in [2.45, 2.75) is 64.5 Å². The van der Waals surface area contributed by atoms with E-state index in [1.807, 2.05) is 0 Å². The summed E-state index contributed by atoms with van der Waals surface area (Å²) in [5.41, 5.74) is 6.41. The SMILES string of the molecule is CC(C)(C)OC(=O)Nc1ccnc(CCOc2cc(Cl)cc(C(=O)NC3CCCC3CC(N)=O)c2)c1. The van der Waals surface area contributed by atoms with Gasteiger partial charge < -0.3 is 20.5 Å². The number of benzene rings is 1. The fraction of sp³-hybridized carbons (Fsp3) is 0.462. The molecule has 0 radical (unpaired) electrons. The summed E-state index contributed by atoms with van der Waals surface area (Å²) in [6.07, 6.45) is 4.39. The lowest BCUT2D eigenvalue weighted by Crippen LogP contribution is -2.38. The van der Waals surface area contributed by atoms with E-state index >= 15 is 0 Å². The number of nitrogens with one attached hydrogen (secondary N) is 2. The largest absolute Gasteiger partial charge is 0.493 e. The van der Waals surface area contributed by atoms with E-state index in [0.717, 1.165) is 19.3 Å². The summed E-state index contributed by atoms with van der Waals surface area (Å²) in [6.45, 7) is 5.67. The number of amides is 3. The molecule has 1 aliphatic carbocycles. The number of hydrogen-bond donors (Lipinski definition) is 3. The first-order chi connectivity index (χ1) is 17.0. The smallest absolute Gasteiger partial charge is 0.412 e. The van der Waals surface area contributed by atoms with Gasteiger partial charge in [0.25, 0.3) is 5.91 Å². The summed E-state index contributed by atoms with van der Waals surface area (Å²) >= 11 is 6.23. The Morgan fingerprint density at radius 3 is 2.67 bits per heavy atom. The van der Waals surface area contributed by atoms with E-state index in [1.54, 1.807) is 57.3 Å². The normalized spacial score (nSPS) is 17.3. The van der Waals surface area contributed by atoms with Crippen LogP contribution in [0.1, 0.15) is 62.5 Å². The Hall–Kier alpha value is -3.33. The van der Waals surface area contributed by atoms with Crippen molar-refractivity contribution in [3.05, 3.63) is 52.8 Å². The lowest BCUT2D eigenvalue weighted by molar-refractivity contribution is -0.119. The Labute approximate surface area is 216 Å². The molecule has 0 saturated heterocycles. The molecule has 1 fully saturated rings. The number of carbonyl (C=O) groups is 3. The first-order valence-electron chi connectivity index (χ1n) is 12.0. The van der Waals surface area contributed by atoms with E-state index in [1.165, 1.54) is 0 Å². The summed E-state index contributed by atoms with van der Waals surface area (Å²) < 4.78 is 11.1. The molecule has 194 valence electrons. The van der Waals surface area contributed by atoms with Crippen LogP contribution in [0.3, 0.4) is 0 Å². The van der Waals surface area contributed by atoms with Crippen molar-refractivity contribution in [2.75, 3.05) is 11.9 Å². The average Bonchev–Trinajstić information content (AvgIpc) is 3.18. The molecule has 36 heavy (non-hydrogen) atoms. The maximum atomic E-state index is 12.8. The number of rotatable bonds is 9. The molecule has 1 saturated carbocycles. The molecular weight excluding hydrogens is 484 g/mol. The Balaban J connectivity index is 1.56. The molecule has 3 rings (SSSR count). The molecule has 1 aliphatic rings. The highest BCUT2D eigenvalue weighted by Gasteiger charge is 2.30. The van der Waals surface area contributed by atoms with Crippen LogP contribution in [0.2, 0.25) is 5.02 Å². The number of pyridine rings is 1. The lowest BCUT2D eigenvalue weighted by atomic mass is 9.99. The second-order valence-electron chi connectivity index (χ2n) is 9.88. The van der Waals surface area contributed by atoms with Crippen molar-refractivity contribution >= 4 is 35.2 Å². The van der Waals surface area contributed by atoms with Crippen molar-refractivity contribution in [1.29, 1.82) is 0 Å². The Morgan fingerprint density at radius 1 is 1.17 bits per heavy atom. The van der Waals surface area contributed by atoms with Crippen LogP contribution in [0.5, 0.6) is 5.75 Å². The van der Waals surface area contributed by atoms with Crippen molar-refractivity contribution in [2.24, 2.45) is 11.7 Å². The molecule has 0 aliphatic heterocycles. The van der Waals surface area contributed by atoms with Crippen LogP contribution in [-0.4, -0.2) is 41.1 Å². The van der Waals surface area contributed by atoms with Gasteiger partial charge in [-0.25, -0.2) is 4.79 Å². The first kappa shape index (κ1) is 27.3. The molecule has 9 nitrogen and oxygen atoms in total. The molecule has 1 aromatic carbocycles. The number of hydrogen-bond acceptors (Lipinski definition) is 6. The number of carbonyl (C=O) groups excluding carboxylic acids is 3. The Morgan fingerprint density at radius 2 is 1.94 bits per heavy atom. The maximum Gasteiger partial charge on any atom is 0.412 e. The van der Waals surface area contributed by atoms with Gasteiger partial charge in [-0.05, 0) is 69.9 Å². The van der Waals surface area contributed by atoms with Gasteiger partial charge in [0.05, 0.1) is 6.61 Å². The summed E-state index contributed by atoms with van der Waals surface area (Å²) in [5.74, 6) is -0.128. The van der Waals surface area contributed by atoms with Crippen LogP contribution < -0.4 is 21.1 Å². The van der Waals surface area contributed by atoms with Crippen LogP contribution in [0.25, 0.3) is 0 Å². The molecule has 2 atom stereocenters. The predicted molar refractivity (Wildman–Crippen MR) is 137 cm³/mol. The molecule has 1 heterocycles. The summed E-state index contributed by atoms with van der Waals surface area (Å²) in [6, 6.07) is 8.17. The minimum atomic E-state index is -0.594. The van der Waals surface area contributed by atoms with Gasteiger partial charge in [0, 0.05) is 47.0 Å². The molecule has 2 aromatic rings. The van der Waals surface area contributed by atoms with E-state index in [-0.39, 0.29) is 36.8 Å². The van der Waals surface area contributed by atoms with E-state index < -0.39 is 11.7 Å². The van der Waals surface area contributed by atoms with Gasteiger partial charge in [-0.1, -0.05) is 18.0 Å². The Bertz CT molecular complexity index is 1100. The second-order valence-corrected chi connectivity index (χ2v) is 10.3. The first-order valence-corrected chi connectivity index (χ1v) is 12.3. The minimum absolute atomic E-state index is 0.0504. The molecule has 0 bridgehead atoms. The predicted octanol–water partition coefficient (Wildman–Crippen LogP) is 4.48. The van der Waals surface area contributed by atoms with Crippen molar-refractivity contribution < 1.29 is 23.9 Å². The standard InChI is InChI=1S/C26H33ClN4O5/c1-26(2,3)36-25(34)30-20-7-9-29-19(15-20)8-10-35-21-12-17(11-18(27)14-21)24(33)31-22-6-4-5-16(22)13-23(28)32/h7,9,11-12,14-16,22H,4-6,8,10,13H2,1-3H3,(H2,28,32)(H,31,33)(H,29,30,34). The molecule has 3 amide bonds. The number of primary amides is 1. The molecular formula is C26H33ClN4O5. The summed E-state index contributed by atoms with van der Waals surface area (Å²) in [4.78, 5) is 40.5. The molecule has 2 unspecified atom stereocenters. The fourth-order valence-electron chi connectivity index (χ4n) is 4.15. The summed E-state index contributed by atoms with van der Waals surface area (Å²) in [7, 11) is 0. The van der Waals surface area contributed by atoms with Gasteiger partial charge in [0.2, 0.25) is 5.91 Å². The molecule has 4 N–H and O–H groups in total. The third kappa shape index (κ3) is 8.71. The highest BCUT2D eigenvalue weighted by atomic mass is 35.5. The lowest BCUT2D eigenvalue weighted by Gasteiger charge is -2.20.